The molecule has 0 bridgehead atoms. The van der Waals surface area contributed by atoms with E-state index < -0.39 is 17.9 Å². The maximum absolute atomic E-state index is 12.7. The number of carboxylic acids is 1. The number of thioether (sulfide) groups is 1. The summed E-state index contributed by atoms with van der Waals surface area (Å²) in [4.78, 5) is 28.3. The van der Waals surface area contributed by atoms with E-state index in [1.54, 1.807) is 54.9 Å². The number of para-hydroxylation sites is 1. The Balaban J connectivity index is 1.81. The third kappa shape index (κ3) is 6.75. The first kappa shape index (κ1) is 23.1. The Morgan fingerprint density at radius 1 is 1.09 bits per heavy atom. The molecule has 0 aliphatic heterocycles. The van der Waals surface area contributed by atoms with Crippen molar-refractivity contribution in [2.75, 3.05) is 12.0 Å². The molecule has 0 fully saturated rings. The largest absolute Gasteiger partial charge is 0.487 e. The van der Waals surface area contributed by atoms with Crippen LogP contribution in [0.25, 0.3) is 0 Å². The van der Waals surface area contributed by atoms with Crippen molar-refractivity contribution in [2.24, 2.45) is 0 Å². The average Bonchev–Trinajstić information content (AvgIpc) is 2.82. The molecule has 32 heavy (non-hydrogen) atoms. The fraction of sp³-hybridized carbons (Fsp3) is 0.208. The predicted molar refractivity (Wildman–Crippen MR) is 123 cm³/mol. The van der Waals surface area contributed by atoms with E-state index in [1.165, 1.54) is 11.8 Å². The Labute approximate surface area is 190 Å². The molecule has 3 aromatic rings. The van der Waals surface area contributed by atoms with Crippen LogP contribution in [0.4, 0.5) is 0 Å². The summed E-state index contributed by atoms with van der Waals surface area (Å²) < 4.78 is 11.8. The minimum Gasteiger partial charge on any atom is -0.487 e. The van der Waals surface area contributed by atoms with Gasteiger partial charge in [0.25, 0.3) is 5.91 Å². The second-order valence-electron chi connectivity index (χ2n) is 6.86. The number of aliphatic carboxylic acids is 1. The SMILES string of the molecule is CSCC[C@H](NC(=O)c1ccc(COc2cccnc2)c(Oc2ccccc2)c1)C(=O)O. The second kappa shape index (κ2) is 11.8. The molecule has 0 saturated heterocycles. The number of hydrogen-bond donors (Lipinski definition) is 2. The van der Waals surface area contributed by atoms with Gasteiger partial charge in [-0.05, 0) is 54.8 Å². The summed E-state index contributed by atoms with van der Waals surface area (Å²) in [5.74, 6) is 0.758. The first-order valence-electron chi connectivity index (χ1n) is 9.98. The summed E-state index contributed by atoms with van der Waals surface area (Å²) in [5.41, 5.74) is 1.03. The van der Waals surface area contributed by atoms with Gasteiger partial charge in [0.15, 0.2) is 0 Å². The van der Waals surface area contributed by atoms with Crippen molar-refractivity contribution in [1.29, 1.82) is 0 Å². The molecular formula is C24H24N2O5S. The molecule has 7 nitrogen and oxygen atoms in total. The molecule has 0 unspecified atom stereocenters. The third-order valence-electron chi connectivity index (χ3n) is 4.54. The molecule has 166 valence electrons. The van der Waals surface area contributed by atoms with E-state index in [0.29, 0.717) is 35.0 Å². The van der Waals surface area contributed by atoms with Crippen molar-refractivity contribution in [3.63, 3.8) is 0 Å². The zero-order valence-electron chi connectivity index (χ0n) is 17.6. The van der Waals surface area contributed by atoms with Gasteiger partial charge in [-0.25, -0.2) is 4.79 Å². The van der Waals surface area contributed by atoms with Crippen molar-refractivity contribution < 1.29 is 24.2 Å². The molecule has 0 spiro atoms. The van der Waals surface area contributed by atoms with Crippen LogP contribution in [0.2, 0.25) is 0 Å². The topological polar surface area (TPSA) is 97.8 Å². The molecule has 0 aliphatic rings. The van der Waals surface area contributed by atoms with Crippen molar-refractivity contribution >= 4 is 23.6 Å². The number of nitrogens with one attached hydrogen (secondary N) is 1. The van der Waals surface area contributed by atoms with Gasteiger partial charge in [0.1, 0.15) is 29.9 Å². The summed E-state index contributed by atoms with van der Waals surface area (Å²) in [6, 6.07) is 16.8. The van der Waals surface area contributed by atoms with E-state index in [4.69, 9.17) is 9.47 Å². The summed E-state index contributed by atoms with van der Waals surface area (Å²) in [7, 11) is 0. The number of carboxylic acid groups (broad SMARTS) is 1. The first-order valence-corrected chi connectivity index (χ1v) is 11.4. The zero-order chi connectivity index (χ0) is 22.8. The highest BCUT2D eigenvalue weighted by Gasteiger charge is 2.21. The van der Waals surface area contributed by atoms with E-state index in [2.05, 4.69) is 10.3 Å². The van der Waals surface area contributed by atoms with E-state index >= 15 is 0 Å². The molecule has 1 amide bonds. The number of pyridine rings is 1. The Morgan fingerprint density at radius 3 is 2.56 bits per heavy atom. The van der Waals surface area contributed by atoms with Crippen LogP contribution < -0.4 is 14.8 Å². The van der Waals surface area contributed by atoms with E-state index in [0.717, 1.165) is 5.56 Å². The van der Waals surface area contributed by atoms with Gasteiger partial charge >= 0.3 is 5.97 Å². The number of carbonyl (C=O) groups is 2. The zero-order valence-corrected chi connectivity index (χ0v) is 18.4. The van der Waals surface area contributed by atoms with Gasteiger partial charge in [-0.3, -0.25) is 9.78 Å². The number of amides is 1. The molecule has 1 heterocycles. The standard InChI is InChI=1S/C24H24N2O5S/c1-32-13-11-21(24(28)29)26-23(27)17-9-10-18(16-30-20-8-5-12-25-15-20)22(14-17)31-19-6-3-2-4-7-19/h2-10,12,14-15,21H,11,13,16H2,1H3,(H,26,27)(H,28,29)/t21-/m0/s1. The Morgan fingerprint density at radius 2 is 1.88 bits per heavy atom. The minimum absolute atomic E-state index is 0.210. The summed E-state index contributed by atoms with van der Waals surface area (Å²) >= 11 is 1.53. The Kier molecular flexibility index (Phi) is 8.51. The molecule has 2 aromatic carbocycles. The van der Waals surface area contributed by atoms with E-state index in [1.807, 2.05) is 24.5 Å². The predicted octanol–water partition coefficient (Wildman–Crippen LogP) is 4.39. The highest BCUT2D eigenvalue weighted by Crippen LogP contribution is 2.28. The van der Waals surface area contributed by atoms with Crippen molar-refractivity contribution in [2.45, 2.75) is 19.1 Å². The van der Waals surface area contributed by atoms with Crippen LogP contribution >= 0.6 is 11.8 Å². The number of rotatable bonds is 11. The highest BCUT2D eigenvalue weighted by molar-refractivity contribution is 7.98. The minimum atomic E-state index is -1.06. The van der Waals surface area contributed by atoms with Crippen LogP contribution in [-0.4, -0.2) is 40.0 Å². The maximum Gasteiger partial charge on any atom is 0.326 e. The molecular weight excluding hydrogens is 428 g/mol. The number of benzene rings is 2. The van der Waals surface area contributed by atoms with Crippen molar-refractivity contribution in [3.05, 3.63) is 84.2 Å². The van der Waals surface area contributed by atoms with Crippen LogP contribution in [0.1, 0.15) is 22.3 Å². The molecule has 0 aliphatic carbocycles. The van der Waals surface area contributed by atoms with Crippen LogP contribution in [0.3, 0.4) is 0 Å². The van der Waals surface area contributed by atoms with Gasteiger partial charge in [0.05, 0.1) is 6.20 Å². The van der Waals surface area contributed by atoms with Crippen LogP contribution in [-0.2, 0) is 11.4 Å². The van der Waals surface area contributed by atoms with Gasteiger partial charge in [-0.1, -0.05) is 24.3 Å². The lowest BCUT2D eigenvalue weighted by atomic mass is 10.1. The fourth-order valence-electron chi connectivity index (χ4n) is 2.85. The average molecular weight is 453 g/mol. The normalized spacial score (nSPS) is 11.4. The molecule has 1 atom stereocenters. The van der Waals surface area contributed by atoms with Gasteiger partial charge < -0.3 is 19.9 Å². The molecule has 1 aromatic heterocycles. The van der Waals surface area contributed by atoms with Gasteiger partial charge in [-0.2, -0.15) is 11.8 Å². The number of ether oxygens (including phenoxy) is 2. The van der Waals surface area contributed by atoms with Crippen molar-refractivity contribution in [1.82, 2.24) is 10.3 Å². The van der Waals surface area contributed by atoms with Gasteiger partial charge in [0, 0.05) is 17.3 Å². The molecule has 0 saturated carbocycles. The number of hydrogen-bond acceptors (Lipinski definition) is 6. The van der Waals surface area contributed by atoms with Crippen molar-refractivity contribution in [3.8, 4) is 17.2 Å². The second-order valence-corrected chi connectivity index (χ2v) is 7.85. The molecule has 2 N–H and O–H groups in total. The summed E-state index contributed by atoms with van der Waals surface area (Å²) in [5, 5.41) is 12.0. The Hall–Kier alpha value is -3.52. The van der Waals surface area contributed by atoms with Gasteiger partial charge in [-0.15, -0.1) is 0 Å². The van der Waals surface area contributed by atoms with Crippen LogP contribution in [0.15, 0.2) is 73.1 Å². The molecule has 3 rings (SSSR count). The highest BCUT2D eigenvalue weighted by atomic mass is 32.2. The van der Waals surface area contributed by atoms with Gasteiger partial charge in [0.2, 0.25) is 0 Å². The fourth-order valence-corrected chi connectivity index (χ4v) is 3.33. The molecule has 0 radical (unpaired) electrons. The quantitative estimate of drug-likeness (QED) is 0.445. The lowest BCUT2D eigenvalue weighted by Gasteiger charge is -2.16. The monoisotopic (exact) mass is 452 g/mol. The lowest BCUT2D eigenvalue weighted by molar-refractivity contribution is -0.139. The molecule has 8 heteroatoms. The van der Waals surface area contributed by atoms with E-state index in [-0.39, 0.29) is 6.61 Å². The van der Waals surface area contributed by atoms with Crippen LogP contribution in [0.5, 0.6) is 17.2 Å². The number of nitrogens with zero attached hydrogens (tertiary/aromatic N) is 1. The third-order valence-corrected chi connectivity index (χ3v) is 5.19. The van der Waals surface area contributed by atoms with Crippen LogP contribution in [0, 0.1) is 0 Å². The smallest absolute Gasteiger partial charge is 0.326 e. The number of aromatic nitrogens is 1. The first-order chi connectivity index (χ1) is 15.6. The number of carbonyl (C=O) groups excluding carboxylic acids is 1. The Bertz CT molecular complexity index is 1030. The summed E-state index contributed by atoms with van der Waals surface area (Å²) in [6.45, 7) is 0.210. The lowest BCUT2D eigenvalue weighted by Crippen LogP contribution is -2.41. The maximum atomic E-state index is 12.7. The van der Waals surface area contributed by atoms with E-state index in [9.17, 15) is 14.7 Å². The summed E-state index contributed by atoms with van der Waals surface area (Å²) in [6.07, 6.45) is 5.50.